The lowest BCUT2D eigenvalue weighted by Crippen LogP contribution is -2.20. The zero-order valence-electron chi connectivity index (χ0n) is 11.7. The van der Waals surface area contributed by atoms with Crippen molar-refractivity contribution in [2.24, 2.45) is 0 Å². The summed E-state index contributed by atoms with van der Waals surface area (Å²) in [5, 5.41) is 0. The molecule has 0 aliphatic carbocycles. The fraction of sp³-hybridized carbons (Fsp3) is 0.375. The monoisotopic (exact) mass is 269 g/mol. The number of ether oxygens (including phenoxy) is 1. The molecular weight excluding hydrogens is 250 g/mol. The second-order valence-electron chi connectivity index (χ2n) is 5.08. The Kier molecular flexibility index (Phi) is 3.81. The van der Waals surface area contributed by atoms with Crippen LogP contribution in [0, 0.1) is 6.92 Å². The largest absolute Gasteiger partial charge is 0.486 e. The third kappa shape index (κ3) is 3.07. The van der Waals surface area contributed by atoms with Crippen LogP contribution in [0.25, 0.3) is 0 Å². The van der Waals surface area contributed by atoms with Gasteiger partial charge < -0.3 is 9.64 Å². The number of hydrogen-bond acceptors (Lipinski definition) is 4. The van der Waals surface area contributed by atoms with E-state index in [2.05, 4.69) is 20.9 Å². The summed E-state index contributed by atoms with van der Waals surface area (Å²) in [6, 6.07) is 11.8. The molecule has 1 aliphatic rings. The van der Waals surface area contributed by atoms with Crippen LogP contribution in [0.3, 0.4) is 0 Å². The van der Waals surface area contributed by atoms with Crippen molar-refractivity contribution in [1.29, 1.82) is 0 Å². The first-order valence-electron chi connectivity index (χ1n) is 7.08. The summed E-state index contributed by atoms with van der Waals surface area (Å²) in [6.07, 6.45) is 2.50. The first-order chi connectivity index (χ1) is 9.81. The fourth-order valence-corrected chi connectivity index (χ4v) is 2.45. The minimum atomic E-state index is 0.409. The molecule has 2 heterocycles. The van der Waals surface area contributed by atoms with Gasteiger partial charge in [-0.1, -0.05) is 18.2 Å². The summed E-state index contributed by atoms with van der Waals surface area (Å²) in [4.78, 5) is 11.4. The quantitative estimate of drug-likeness (QED) is 0.855. The predicted octanol–water partition coefficient (Wildman–Crippen LogP) is 2.96. The lowest BCUT2D eigenvalue weighted by atomic mass is 10.3. The molecule has 4 nitrogen and oxygen atoms in total. The van der Waals surface area contributed by atoms with E-state index in [1.807, 2.05) is 37.3 Å². The number of benzene rings is 1. The number of hydrogen-bond donors (Lipinski definition) is 0. The molecule has 0 bridgehead atoms. The molecule has 0 radical (unpaired) electrons. The third-order valence-electron chi connectivity index (χ3n) is 3.43. The van der Waals surface area contributed by atoms with Gasteiger partial charge >= 0.3 is 0 Å². The SMILES string of the molecule is Cc1cc(N2CCCC2)nc(COc2ccccc2)n1. The van der Waals surface area contributed by atoms with Gasteiger partial charge in [0.05, 0.1) is 0 Å². The summed E-state index contributed by atoms with van der Waals surface area (Å²) in [6.45, 7) is 4.60. The average Bonchev–Trinajstić information content (AvgIpc) is 3.00. The van der Waals surface area contributed by atoms with Gasteiger partial charge in [-0.05, 0) is 31.9 Å². The first-order valence-corrected chi connectivity index (χ1v) is 7.08. The number of para-hydroxylation sites is 1. The lowest BCUT2D eigenvalue weighted by Gasteiger charge is -2.17. The van der Waals surface area contributed by atoms with Gasteiger partial charge in [0.15, 0.2) is 5.82 Å². The van der Waals surface area contributed by atoms with Gasteiger partial charge in [0.2, 0.25) is 0 Å². The van der Waals surface area contributed by atoms with Crippen molar-refractivity contribution in [3.63, 3.8) is 0 Å². The number of nitrogens with zero attached hydrogens (tertiary/aromatic N) is 3. The van der Waals surface area contributed by atoms with E-state index >= 15 is 0 Å². The highest BCUT2D eigenvalue weighted by Gasteiger charge is 2.15. The molecule has 0 spiro atoms. The van der Waals surface area contributed by atoms with E-state index in [0.29, 0.717) is 6.61 Å². The summed E-state index contributed by atoms with van der Waals surface area (Å²) in [7, 11) is 0. The molecule has 0 amide bonds. The Labute approximate surface area is 119 Å². The lowest BCUT2D eigenvalue weighted by molar-refractivity contribution is 0.295. The van der Waals surface area contributed by atoms with E-state index in [1.165, 1.54) is 12.8 Å². The molecule has 20 heavy (non-hydrogen) atoms. The summed E-state index contributed by atoms with van der Waals surface area (Å²) >= 11 is 0. The molecule has 2 aromatic rings. The van der Waals surface area contributed by atoms with Crippen LogP contribution in [0.2, 0.25) is 0 Å². The van der Waals surface area contributed by atoms with E-state index < -0.39 is 0 Å². The maximum Gasteiger partial charge on any atom is 0.168 e. The maximum atomic E-state index is 5.72. The number of aryl methyl sites for hydroxylation is 1. The molecule has 0 saturated carbocycles. The van der Waals surface area contributed by atoms with Gasteiger partial charge in [-0.15, -0.1) is 0 Å². The minimum Gasteiger partial charge on any atom is -0.486 e. The molecular formula is C16H19N3O. The molecule has 0 N–H and O–H groups in total. The second kappa shape index (κ2) is 5.90. The molecule has 0 unspecified atom stereocenters. The molecule has 104 valence electrons. The zero-order valence-corrected chi connectivity index (χ0v) is 11.7. The van der Waals surface area contributed by atoms with Crippen LogP contribution in [-0.4, -0.2) is 23.1 Å². The van der Waals surface area contributed by atoms with Crippen LogP contribution in [0.4, 0.5) is 5.82 Å². The highest BCUT2D eigenvalue weighted by molar-refractivity contribution is 5.40. The van der Waals surface area contributed by atoms with Crippen molar-refractivity contribution in [3.05, 3.63) is 47.9 Å². The van der Waals surface area contributed by atoms with Crippen LogP contribution >= 0.6 is 0 Å². The average molecular weight is 269 g/mol. The van der Waals surface area contributed by atoms with Crippen LogP contribution in [0.5, 0.6) is 5.75 Å². The van der Waals surface area contributed by atoms with Crippen LogP contribution in [0.15, 0.2) is 36.4 Å². The molecule has 1 aromatic heterocycles. The normalized spacial score (nSPS) is 14.6. The van der Waals surface area contributed by atoms with E-state index in [1.54, 1.807) is 0 Å². The first kappa shape index (κ1) is 12.9. The Morgan fingerprint density at radius 3 is 2.60 bits per heavy atom. The van der Waals surface area contributed by atoms with Crippen molar-refractivity contribution < 1.29 is 4.74 Å². The number of aromatic nitrogens is 2. The van der Waals surface area contributed by atoms with Crippen molar-refractivity contribution in [2.45, 2.75) is 26.4 Å². The predicted molar refractivity (Wildman–Crippen MR) is 79.0 cm³/mol. The van der Waals surface area contributed by atoms with Crippen molar-refractivity contribution in [3.8, 4) is 5.75 Å². The van der Waals surface area contributed by atoms with Crippen LogP contribution in [-0.2, 0) is 6.61 Å². The van der Waals surface area contributed by atoms with E-state index in [9.17, 15) is 0 Å². The summed E-state index contributed by atoms with van der Waals surface area (Å²) in [5.41, 5.74) is 0.994. The Balaban J connectivity index is 1.72. The van der Waals surface area contributed by atoms with Crippen LogP contribution < -0.4 is 9.64 Å². The molecule has 3 rings (SSSR count). The van der Waals surface area contributed by atoms with Gasteiger partial charge in [0.25, 0.3) is 0 Å². The molecule has 4 heteroatoms. The van der Waals surface area contributed by atoms with Gasteiger partial charge in [0.1, 0.15) is 18.2 Å². The fourth-order valence-electron chi connectivity index (χ4n) is 2.45. The Bertz CT molecular complexity index is 565. The highest BCUT2D eigenvalue weighted by atomic mass is 16.5. The Morgan fingerprint density at radius 1 is 1.10 bits per heavy atom. The zero-order chi connectivity index (χ0) is 13.8. The Hall–Kier alpha value is -2.10. The van der Waals surface area contributed by atoms with Gasteiger partial charge in [-0.2, -0.15) is 0 Å². The van der Waals surface area contributed by atoms with Crippen molar-refractivity contribution >= 4 is 5.82 Å². The van der Waals surface area contributed by atoms with Gasteiger partial charge in [-0.3, -0.25) is 0 Å². The van der Waals surface area contributed by atoms with Crippen LogP contribution in [0.1, 0.15) is 24.4 Å². The smallest absolute Gasteiger partial charge is 0.168 e. The molecule has 0 atom stereocenters. The van der Waals surface area contributed by atoms with Gasteiger partial charge in [0, 0.05) is 24.8 Å². The van der Waals surface area contributed by atoms with Crippen molar-refractivity contribution in [1.82, 2.24) is 9.97 Å². The highest BCUT2D eigenvalue weighted by Crippen LogP contribution is 2.19. The van der Waals surface area contributed by atoms with E-state index in [4.69, 9.17) is 4.74 Å². The molecule has 1 aliphatic heterocycles. The minimum absolute atomic E-state index is 0.409. The van der Waals surface area contributed by atoms with E-state index in [0.717, 1.165) is 36.2 Å². The topological polar surface area (TPSA) is 38.2 Å². The standard InChI is InChI=1S/C16H19N3O/c1-13-11-16(19-9-5-6-10-19)18-15(17-13)12-20-14-7-3-2-4-8-14/h2-4,7-8,11H,5-6,9-10,12H2,1H3. The van der Waals surface area contributed by atoms with Gasteiger partial charge in [-0.25, -0.2) is 9.97 Å². The molecule has 1 aromatic carbocycles. The third-order valence-corrected chi connectivity index (χ3v) is 3.43. The maximum absolute atomic E-state index is 5.72. The molecule has 1 saturated heterocycles. The number of anilines is 1. The molecule has 1 fully saturated rings. The van der Waals surface area contributed by atoms with E-state index in [-0.39, 0.29) is 0 Å². The second-order valence-corrected chi connectivity index (χ2v) is 5.08. The summed E-state index contributed by atoms with van der Waals surface area (Å²) < 4.78 is 5.72. The number of rotatable bonds is 4. The van der Waals surface area contributed by atoms with Crippen molar-refractivity contribution in [2.75, 3.05) is 18.0 Å². The Morgan fingerprint density at radius 2 is 1.85 bits per heavy atom. The summed E-state index contributed by atoms with van der Waals surface area (Å²) in [5.74, 6) is 2.62.